The molecular weight excluding hydrogens is 234 g/mol. The number of carbonyl (C=O) groups is 2. The topological polar surface area (TPSA) is 89.5 Å². The van der Waals surface area contributed by atoms with Crippen molar-refractivity contribution in [2.24, 2.45) is 0 Å². The molecule has 0 aromatic carbocycles. The summed E-state index contributed by atoms with van der Waals surface area (Å²) in [7, 11) is 0. The predicted octanol–water partition coefficient (Wildman–Crippen LogP) is -7.62. The van der Waals surface area contributed by atoms with Crippen LogP contribution in [0.5, 0.6) is 0 Å². The zero-order chi connectivity index (χ0) is 11.4. The maximum atomic E-state index is 9.41. The Morgan fingerprint density at radius 3 is 1.56 bits per heavy atom. The van der Waals surface area contributed by atoms with E-state index in [0.29, 0.717) is 18.8 Å². The predicted molar refractivity (Wildman–Crippen MR) is 45.5 cm³/mol. The van der Waals surface area contributed by atoms with Crippen molar-refractivity contribution >= 4 is 11.9 Å². The van der Waals surface area contributed by atoms with Crippen LogP contribution in [-0.4, -0.2) is 18.5 Å². The number of rotatable bonds is 5. The molecule has 0 aromatic rings. The molecule has 78 valence electrons. The number of carbonyl (C=O) groups excluding carboxylic acids is 2. The largest absolute Gasteiger partial charge is 1.00 e. The third kappa shape index (κ3) is 37.0. The van der Waals surface area contributed by atoms with E-state index in [4.69, 9.17) is 0 Å². The van der Waals surface area contributed by atoms with Gasteiger partial charge in [0.15, 0.2) is 0 Å². The van der Waals surface area contributed by atoms with Crippen LogP contribution in [-0.2, 0) is 14.3 Å². The molecule has 0 aliphatic rings. The summed E-state index contributed by atoms with van der Waals surface area (Å²) < 4.78 is 4.63. The molecule has 7 heteroatoms. The molecule has 0 bridgehead atoms. The van der Waals surface area contributed by atoms with Crippen molar-refractivity contribution in [2.45, 2.75) is 0 Å². The fraction of sp³-hybridized carbons (Fsp3) is 0.111. The van der Waals surface area contributed by atoms with E-state index in [0.717, 1.165) is 0 Å². The summed E-state index contributed by atoms with van der Waals surface area (Å²) in [5.41, 5.74) is 0. The normalized spacial score (nSPS) is 7.25. The van der Waals surface area contributed by atoms with Gasteiger partial charge in [0, 0.05) is 0 Å². The maximum absolute atomic E-state index is 9.41. The minimum Gasteiger partial charge on any atom is -0.545 e. The Morgan fingerprint density at radius 1 is 1.06 bits per heavy atom. The molecule has 0 saturated heterocycles. The van der Waals surface area contributed by atoms with Crippen LogP contribution >= 0.6 is 0 Å². The second-order valence-corrected chi connectivity index (χ2v) is 1.76. The molecule has 0 rings (SSSR count). The van der Waals surface area contributed by atoms with Gasteiger partial charge in [0.25, 0.3) is 0 Å². The van der Waals surface area contributed by atoms with E-state index in [1.165, 1.54) is 6.26 Å². The van der Waals surface area contributed by atoms with Crippen LogP contribution in [0, 0.1) is 0 Å². The molecular formula is C9H10Na2O5. The third-order valence-electron chi connectivity index (χ3n) is 0.687. The summed E-state index contributed by atoms with van der Waals surface area (Å²) in [5, 5.41) is 18.8. The van der Waals surface area contributed by atoms with E-state index in [1.54, 1.807) is 6.08 Å². The number of hydrogen-bond acceptors (Lipinski definition) is 5. The van der Waals surface area contributed by atoms with Crippen molar-refractivity contribution < 1.29 is 83.7 Å². The van der Waals surface area contributed by atoms with Gasteiger partial charge in [-0.25, -0.2) is 0 Å². The van der Waals surface area contributed by atoms with Gasteiger partial charge in [-0.3, -0.25) is 0 Å². The summed E-state index contributed by atoms with van der Waals surface area (Å²) in [6.07, 6.45) is 3.83. The SMILES string of the molecule is C=CCOC=C.O=C([O-])C=CC(=O)[O-].[Na+].[Na+]. The third-order valence-corrected chi connectivity index (χ3v) is 0.687. The van der Waals surface area contributed by atoms with Crippen molar-refractivity contribution in [3.05, 3.63) is 37.6 Å². The fourth-order valence-corrected chi connectivity index (χ4v) is 0.272. The molecule has 0 atom stereocenters. The van der Waals surface area contributed by atoms with Crippen LogP contribution < -0.4 is 69.3 Å². The monoisotopic (exact) mass is 244 g/mol. The zero-order valence-corrected chi connectivity index (χ0v) is 13.5. The molecule has 16 heavy (non-hydrogen) atoms. The van der Waals surface area contributed by atoms with Crippen LogP contribution in [0.1, 0.15) is 0 Å². The number of ether oxygens (including phenoxy) is 1. The van der Waals surface area contributed by atoms with Crippen LogP contribution in [0.15, 0.2) is 37.6 Å². The van der Waals surface area contributed by atoms with E-state index >= 15 is 0 Å². The minimum absolute atomic E-state index is 0. The molecule has 0 heterocycles. The summed E-state index contributed by atoms with van der Waals surface area (Å²) in [6, 6.07) is 0. The van der Waals surface area contributed by atoms with Crippen molar-refractivity contribution in [1.82, 2.24) is 0 Å². The Balaban J connectivity index is -0.0000000825. The molecule has 0 fully saturated rings. The Kier molecular flexibility index (Phi) is 31.8. The number of carboxylic acid groups (broad SMARTS) is 2. The second kappa shape index (κ2) is 20.4. The van der Waals surface area contributed by atoms with E-state index in [-0.39, 0.29) is 59.1 Å². The summed E-state index contributed by atoms with van der Waals surface area (Å²) in [5.74, 6) is -3.09. The van der Waals surface area contributed by atoms with E-state index in [9.17, 15) is 19.8 Å². The molecule has 0 aromatic heterocycles. The second-order valence-electron chi connectivity index (χ2n) is 1.76. The van der Waals surface area contributed by atoms with Gasteiger partial charge in [-0.1, -0.05) is 19.2 Å². The van der Waals surface area contributed by atoms with Gasteiger partial charge in [-0.05, 0) is 12.2 Å². The van der Waals surface area contributed by atoms with Crippen molar-refractivity contribution in [3.63, 3.8) is 0 Å². The van der Waals surface area contributed by atoms with Crippen molar-refractivity contribution in [3.8, 4) is 0 Å². The Bertz CT molecular complexity index is 214. The van der Waals surface area contributed by atoms with Gasteiger partial charge < -0.3 is 24.5 Å². The molecule has 0 unspecified atom stereocenters. The summed E-state index contributed by atoms with van der Waals surface area (Å²) >= 11 is 0. The molecule has 0 saturated carbocycles. The Labute approximate surface area is 138 Å². The van der Waals surface area contributed by atoms with Crippen LogP contribution in [0.3, 0.4) is 0 Å². The van der Waals surface area contributed by atoms with Crippen molar-refractivity contribution in [2.75, 3.05) is 6.61 Å². The Morgan fingerprint density at radius 2 is 1.44 bits per heavy atom. The number of aliphatic carboxylic acids is 2. The summed E-state index contributed by atoms with van der Waals surface area (Å²) in [4.78, 5) is 18.8. The van der Waals surface area contributed by atoms with Gasteiger partial charge in [-0.2, -0.15) is 0 Å². The first kappa shape index (κ1) is 25.0. The molecule has 0 aliphatic carbocycles. The first-order chi connectivity index (χ1) is 6.54. The first-order valence-corrected chi connectivity index (χ1v) is 3.48. The maximum Gasteiger partial charge on any atom is 1.00 e. The molecule has 0 radical (unpaired) electrons. The quantitative estimate of drug-likeness (QED) is 0.157. The van der Waals surface area contributed by atoms with E-state index in [1.807, 2.05) is 0 Å². The van der Waals surface area contributed by atoms with Crippen LogP contribution in [0.2, 0.25) is 0 Å². The van der Waals surface area contributed by atoms with Gasteiger partial charge in [0.05, 0.1) is 18.2 Å². The number of carboxylic acids is 2. The smallest absolute Gasteiger partial charge is 0.545 e. The van der Waals surface area contributed by atoms with Crippen LogP contribution in [0.4, 0.5) is 0 Å². The van der Waals surface area contributed by atoms with Gasteiger partial charge in [-0.15, -0.1) is 0 Å². The molecule has 0 amide bonds. The average molecular weight is 244 g/mol. The van der Waals surface area contributed by atoms with Gasteiger partial charge in [0.1, 0.15) is 6.61 Å². The fourth-order valence-electron chi connectivity index (χ4n) is 0.272. The van der Waals surface area contributed by atoms with Gasteiger partial charge >= 0.3 is 59.1 Å². The first-order valence-electron chi connectivity index (χ1n) is 3.48. The van der Waals surface area contributed by atoms with Crippen molar-refractivity contribution in [1.29, 1.82) is 0 Å². The van der Waals surface area contributed by atoms with Gasteiger partial charge in [0.2, 0.25) is 0 Å². The molecule has 0 N–H and O–H groups in total. The molecule has 0 aliphatic heterocycles. The zero-order valence-electron chi connectivity index (χ0n) is 9.47. The minimum atomic E-state index is -1.55. The molecule has 5 nitrogen and oxygen atoms in total. The molecule has 0 spiro atoms. The average Bonchev–Trinajstić information content (AvgIpc) is 2.12. The number of hydrogen-bond donors (Lipinski definition) is 0. The Hall–Kier alpha value is -0.0400. The standard InChI is InChI=1S/C5H8O.C4H4O4.2Na/c1-3-5-6-4-2;5-3(6)1-2-4(7)8;;/h3-4H,1-2,5H2;1-2H,(H,5,6)(H,7,8);;/q;;2*+1/p-2. The van der Waals surface area contributed by atoms with E-state index < -0.39 is 11.9 Å². The van der Waals surface area contributed by atoms with E-state index in [2.05, 4.69) is 17.9 Å². The van der Waals surface area contributed by atoms with Crippen LogP contribution in [0.25, 0.3) is 0 Å². The summed E-state index contributed by atoms with van der Waals surface area (Å²) in [6.45, 7) is 7.31.